The molecule has 0 aromatic carbocycles. The van der Waals surface area contributed by atoms with Crippen LogP contribution in [0, 0.1) is 0 Å². The molecule has 3 rings (SSSR count). The van der Waals surface area contributed by atoms with Gasteiger partial charge in [-0.05, 0) is 53.9 Å². The summed E-state index contributed by atoms with van der Waals surface area (Å²) >= 11 is 11.4. The van der Waals surface area contributed by atoms with Crippen molar-refractivity contribution in [3.05, 3.63) is 22.6 Å². The molecule has 2 aromatic rings. The molecular formula is C15H19BrClN3S. The van der Waals surface area contributed by atoms with Gasteiger partial charge in [-0.25, -0.2) is 9.97 Å². The second-order valence-corrected chi connectivity index (χ2v) is 7.93. The van der Waals surface area contributed by atoms with Gasteiger partial charge in [-0.15, -0.1) is 11.6 Å². The molecule has 1 saturated carbocycles. The molecule has 114 valence electrons. The van der Waals surface area contributed by atoms with Gasteiger partial charge in [0.1, 0.15) is 11.3 Å². The third kappa shape index (κ3) is 3.25. The monoisotopic (exact) mass is 387 g/mol. The standard InChI is InChI=1S/C15H19BrClN3S/c1-21-12-4-2-11(3-5-12)20-14(6-7-17)19-13-8-10(16)9-18-15(13)20/h8-9,11-12H,2-7H2,1H3. The number of alkyl halides is 1. The molecule has 0 atom stereocenters. The van der Waals surface area contributed by atoms with E-state index in [0.29, 0.717) is 11.9 Å². The van der Waals surface area contributed by atoms with Gasteiger partial charge in [0.25, 0.3) is 0 Å². The third-order valence-electron chi connectivity index (χ3n) is 4.23. The summed E-state index contributed by atoms with van der Waals surface area (Å²) in [5.41, 5.74) is 1.97. The van der Waals surface area contributed by atoms with E-state index >= 15 is 0 Å². The molecule has 0 unspecified atom stereocenters. The molecule has 0 bridgehead atoms. The van der Waals surface area contributed by atoms with Gasteiger partial charge in [0.15, 0.2) is 5.65 Å². The van der Waals surface area contributed by atoms with Gasteiger partial charge >= 0.3 is 0 Å². The fourth-order valence-corrected chi connectivity index (χ4v) is 4.42. The summed E-state index contributed by atoms with van der Waals surface area (Å²) in [5.74, 6) is 1.68. The molecule has 1 aliphatic rings. The highest BCUT2D eigenvalue weighted by atomic mass is 79.9. The minimum absolute atomic E-state index is 0.519. The van der Waals surface area contributed by atoms with E-state index in [9.17, 15) is 0 Å². The molecule has 0 radical (unpaired) electrons. The normalized spacial score (nSPS) is 22.8. The highest BCUT2D eigenvalue weighted by Gasteiger charge is 2.25. The van der Waals surface area contributed by atoms with Crippen LogP contribution in [0.3, 0.4) is 0 Å². The van der Waals surface area contributed by atoms with E-state index < -0.39 is 0 Å². The van der Waals surface area contributed by atoms with Gasteiger partial charge in [-0.3, -0.25) is 0 Å². The zero-order valence-electron chi connectivity index (χ0n) is 12.1. The number of fused-ring (bicyclic) bond motifs is 1. The summed E-state index contributed by atoms with van der Waals surface area (Å²) in [6, 6.07) is 2.56. The first kappa shape index (κ1) is 15.6. The van der Waals surface area contributed by atoms with Crippen LogP contribution in [-0.4, -0.2) is 31.9 Å². The number of thioether (sulfide) groups is 1. The van der Waals surface area contributed by atoms with Gasteiger partial charge < -0.3 is 4.57 Å². The summed E-state index contributed by atoms with van der Waals surface area (Å²) in [6.45, 7) is 0. The van der Waals surface area contributed by atoms with Gasteiger partial charge in [0, 0.05) is 34.3 Å². The van der Waals surface area contributed by atoms with E-state index in [1.807, 2.05) is 24.0 Å². The maximum atomic E-state index is 5.97. The summed E-state index contributed by atoms with van der Waals surface area (Å²) in [7, 11) is 0. The van der Waals surface area contributed by atoms with Crippen molar-refractivity contribution < 1.29 is 0 Å². The second-order valence-electron chi connectivity index (χ2n) is 5.50. The molecular weight excluding hydrogens is 370 g/mol. The number of aromatic nitrogens is 3. The number of halogens is 2. The summed E-state index contributed by atoms with van der Waals surface area (Å²) in [4.78, 5) is 9.36. The Morgan fingerprint density at radius 3 is 2.81 bits per heavy atom. The fraction of sp³-hybridized carbons (Fsp3) is 0.600. The Morgan fingerprint density at radius 2 is 2.14 bits per heavy atom. The lowest BCUT2D eigenvalue weighted by atomic mass is 9.94. The van der Waals surface area contributed by atoms with E-state index in [-0.39, 0.29) is 0 Å². The number of hydrogen-bond donors (Lipinski definition) is 0. The summed E-state index contributed by atoms with van der Waals surface area (Å²) in [5, 5.41) is 0.814. The smallest absolute Gasteiger partial charge is 0.160 e. The van der Waals surface area contributed by atoms with Crippen molar-refractivity contribution in [2.24, 2.45) is 0 Å². The van der Waals surface area contributed by atoms with Crippen LogP contribution >= 0.6 is 39.3 Å². The topological polar surface area (TPSA) is 30.7 Å². The molecule has 0 saturated heterocycles. The number of rotatable bonds is 4. The first-order valence-electron chi connectivity index (χ1n) is 7.34. The Morgan fingerprint density at radius 1 is 1.38 bits per heavy atom. The SMILES string of the molecule is CSC1CCC(n2c(CCCl)nc3cc(Br)cnc32)CC1. The molecule has 21 heavy (non-hydrogen) atoms. The van der Waals surface area contributed by atoms with E-state index in [1.54, 1.807) is 0 Å². The van der Waals surface area contributed by atoms with Crippen molar-refractivity contribution in [1.29, 1.82) is 0 Å². The highest BCUT2D eigenvalue weighted by molar-refractivity contribution is 9.10. The van der Waals surface area contributed by atoms with Crippen LogP contribution in [0.15, 0.2) is 16.7 Å². The maximum absolute atomic E-state index is 5.97. The molecule has 0 aliphatic heterocycles. The van der Waals surface area contributed by atoms with E-state index in [0.717, 1.165) is 33.1 Å². The fourth-order valence-electron chi connectivity index (χ4n) is 3.19. The van der Waals surface area contributed by atoms with Crippen molar-refractivity contribution in [3.63, 3.8) is 0 Å². The molecule has 2 heterocycles. The van der Waals surface area contributed by atoms with Crippen LogP contribution in [0.25, 0.3) is 11.2 Å². The van der Waals surface area contributed by atoms with E-state index in [1.165, 1.54) is 25.7 Å². The predicted molar refractivity (Wildman–Crippen MR) is 94.5 cm³/mol. The molecule has 1 aliphatic carbocycles. The number of pyridine rings is 1. The Hall–Kier alpha value is -0.260. The van der Waals surface area contributed by atoms with E-state index in [2.05, 4.69) is 31.7 Å². The van der Waals surface area contributed by atoms with Gasteiger partial charge in [0.2, 0.25) is 0 Å². The Bertz CT molecular complexity index is 623. The lowest BCUT2D eigenvalue weighted by Gasteiger charge is -2.29. The molecule has 1 fully saturated rings. The van der Waals surface area contributed by atoms with Crippen molar-refractivity contribution in [3.8, 4) is 0 Å². The van der Waals surface area contributed by atoms with Crippen molar-refractivity contribution in [2.75, 3.05) is 12.1 Å². The summed E-state index contributed by atoms with van der Waals surface area (Å²) in [6.07, 6.45) is 9.87. The number of hydrogen-bond acceptors (Lipinski definition) is 3. The maximum Gasteiger partial charge on any atom is 0.160 e. The Balaban J connectivity index is 1.97. The third-order valence-corrected chi connectivity index (χ3v) is 5.99. The molecule has 2 aromatic heterocycles. The van der Waals surface area contributed by atoms with Crippen LogP contribution in [0.5, 0.6) is 0 Å². The predicted octanol–water partition coefficient (Wildman–Crippen LogP) is 4.82. The Labute approximate surface area is 143 Å². The molecule has 0 spiro atoms. The van der Waals surface area contributed by atoms with Crippen LogP contribution < -0.4 is 0 Å². The van der Waals surface area contributed by atoms with Crippen molar-refractivity contribution >= 4 is 50.5 Å². The molecule has 0 amide bonds. The first-order valence-corrected chi connectivity index (χ1v) is 9.95. The number of aryl methyl sites for hydroxylation is 1. The lowest BCUT2D eigenvalue weighted by molar-refractivity contribution is 0.358. The van der Waals surface area contributed by atoms with Crippen molar-refractivity contribution in [1.82, 2.24) is 14.5 Å². The average molecular weight is 389 g/mol. The Kier molecular flexibility index (Phi) is 5.12. The minimum atomic E-state index is 0.519. The van der Waals surface area contributed by atoms with Crippen molar-refractivity contribution in [2.45, 2.75) is 43.4 Å². The van der Waals surface area contributed by atoms with Crippen LogP contribution in [-0.2, 0) is 6.42 Å². The quantitative estimate of drug-likeness (QED) is 0.703. The number of imidazole rings is 1. The first-order chi connectivity index (χ1) is 10.2. The minimum Gasteiger partial charge on any atom is -0.310 e. The summed E-state index contributed by atoms with van der Waals surface area (Å²) < 4.78 is 3.32. The number of nitrogens with zero attached hydrogens (tertiary/aromatic N) is 3. The van der Waals surface area contributed by atoms with Crippen LogP contribution in [0.2, 0.25) is 0 Å². The zero-order chi connectivity index (χ0) is 14.8. The van der Waals surface area contributed by atoms with Crippen LogP contribution in [0.4, 0.5) is 0 Å². The van der Waals surface area contributed by atoms with E-state index in [4.69, 9.17) is 16.6 Å². The largest absolute Gasteiger partial charge is 0.310 e. The highest BCUT2D eigenvalue weighted by Crippen LogP contribution is 2.36. The van der Waals surface area contributed by atoms with Gasteiger partial charge in [0.05, 0.1) is 0 Å². The zero-order valence-corrected chi connectivity index (χ0v) is 15.2. The molecule has 3 nitrogen and oxygen atoms in total. The van der Waals surface area contributed by atoms with Gasteiger partial charge in [-0.1, -0.05) is 0 Å². The van der Waals surface area contributed by atoms with Crippen LogP contribution in [0.1, 0.15) is 37.5 Å². The molecule has 0 N–H and O–H groups in total. The lowest BCUT2D eigenvalue weighted by Crippen LogP contribution is -2.21. The molecule has 6 heteroatoms. The van der Waals surface area contributed by atoms with Gasteiger partial charge in [-0.2, -0.15) is 11.8 Å². The average Bonchev–Trinajstić information content (AvgIpc) is 2.85. The second kappa shape index (κ2) is 6.88.